The monoisotopic (exact) mass is 450 g/mol. The van der Waals surface area contributed by atoms with E-state index in [0.29, 0.717) is 18.7 Å². The summed E-state index contributed by atoms with van der Waals surface area (Å²) in [5.41, 5.74) is 4.21. The molecule has 178 valence electrons. The first-order chi connectivity index (χ1) is 15.9. The maximum atomic E-state index is 13.4. The number of ether oxygens (including phenoxy) is 1. The first-order valence-corrected chi connectivity index (χ1v) is 12.2. The normalized spacial score (nSPS) is 15.0. The van der Waals surface area contributed by atoms with Crippen molar-refractivity contribution >= 4 is 11.8 Å². The fraction of sp³-hybridized carbons (Fsp3) is 0.500. The van der Waals surface area contributed by atoms with E-state index in [9.17, 15) is 9.59 Å². The van der Waals surface area contributed by atoms with E-state index in [1.807, 2.05) is 64.1 Å². The zero-order chi connectivity index (χ0) is 23.8. The van der Waals surface area contributed by atoms with Crippen molar-refractivity contribution in [2.45, 2.75) is 84.8 Å². The molecule has 2 amide bonds. The predicted octanol–water partition coefficient (Wildman–Crippen LogP) is 5.25. The molecule has 33 heavy (non-hydrogen) atoms. The van der Waals surface area contributed by atoms with Crippen LogP contribution >= 0.6 is 0 Å². The number of amides is 2. The van der Waals surface area contributed by atoms with Gasteiger partial charge in [0, 0.05) is 12.6 Å². The van der Waals surface area contributed by atoms with Gasteiger partial charge in [-0.2, -0.15) is 0 Å². The molecule has 1 N–H and O–H groups in total. The standard InChI is InChI=1S/C28H38N2O3/c1-5-25(28(32)29-24-12-7-6-8-13-24)30(18-23-11-9-10-20(2)16-23)27(31)19-33-26-17-21(3)14-15-22(26)4/h9-11,14-17,24-25H,5-8,12-13,18-19H2,1-4H3,(H,29,32)/t25-/m0/s1. The van der Waals surface area contributed by atoms with Crippen LogP contribution in [-0.2, 0) is 16.1 Å². The molecule has 5 nitrogen and oxygen atoms in total. The first-order valence-electron chi connectivity index (χ1n) is 12.2. The molecule has 5 heteroatoms. The van der Waals surface area contributed by atoms with E-state index >= 15 is 0 Å². The molecule has 0 spiro atoms. The summed E-state index contributed by atoms with van der Waals surface area (Å²) in [6.45, 7) is 8.26. The van der Waals surface area contributed by atoms with Crippen LogP contribution in [0.15, 0.2) is 42.5 Å². The van der Waals surface area contributed by atoms with E-state index in [1.54, 1.807) is 4.90 Å². The van der Waals surface area contributed by atoms with Gasteiger partial charge < -0.3 is 15.0 Å². The number of rotatable bonds is 9. The zero-order valence-electron chi connectivity index (χ0n) is 20.5. The maximum absolute atomic E-state index is 13.4. The Morgan fingerprint density at radius 2 is 1.76 bits per heavy atom. The van der Waals surface area contributed by atoms with E-state index in [2.05, 4.69) is 11.4 Å². The van der Waals surface area contributed by atoms with Crippen molar-refractivity contribution in [1.82, 2.24) is 10.2 Å². The Bertz CT molecular complexity index is 950. The Labute approximate surface area is 198 Å². The molecule has 0 bridgehead atoms. The van der Waals surface area contributed by atoms with Crippen LogP contribution in [0, 0.1) is 20.8 Å². The summed E-state index contributed by atoms with van der Waals surface area (Å²) < 4.78 is 5.92. The lowest BCUT2D eigenvalue weighted by molar-refractivity contribution is -0.143. The highest BCUT2D eigenvalue weighted by Crippen LogP contribution is 2.21. The van der Waals surface area contributed by atoms with E-state index in [4.69, 9.17) is 4.74 Å². The van der Waals surface area contributed by atoms with Crippen LogP contribution in [0.25, 0.3) is 0 Å². The third kappa shape index (κ3) is 7.08. The molecule has 0 aliphatic heterocycles. The van der Waals surface area contributed by atoms with Gasteiger partial charge in [-0.15, -0.1) is 0 Å². The minimum atomic E-state index is -0.526. The second kappa shape index (κ2) is 11.9. The average Bonchev–Trinajstić information content (AvgIpc) is 2.80. The summed E-state index contributed by atoms with van der Waals surface area (Å²) in [5.74, 6) is 0.471. The quantitative estimate of drug-likeness (QED) is 0.568. The average molecular weight is 451 g/mol. The number of carbonyl (C=O) groups is 2. The smallest absolute Gasteiger partial charge is 0.261 e. The van der Waals surface area contributed by atoms with Crippen LogP contribution in [0.4, 0.5) is 0 Å². The fourth-order valence-electron chi connectivity index (χ4n) is 4.56. The number of hydrogen-bond donors (Lipinski definition) is 1. The highest BCUT2D eigenvalue weighted by molar-refractivity contribution is 5.88. The Kier molecular flexibility index (Phi) is 8.93. The predicted molar refractivity (Wildman–Crippen MR) is 132 cm³/mol. The van der Waals surface area contributed by atoms with Crippen LogP contribution in [0.1, 0.15) is 67.7 Å². The lowest BCUT2D eigenvalue weighted by Crippen LogP contribution is -2.52. The summed E-state index contributed by atoms with van der Waals surface area (Å²) in [6.07, 6.45) is 6.12. The van der Waals surface area contributed by atoms with Crippen molar-refractivity contribution in [3.8, 4) is 5.75 Å². The van der Waals surface area contributed by atoms with E-state index < -0.39 is 6.04 Å². The van der Waals surface area contributed by atoms with Gasteiger partial charge in [0.25, 0.3) is 5.91 Å². The molecule has 1 saturated carbocycles. The van der Waals surface area contributed by atoms with Crippen molar-refractivity contribution in [3.63, 3.8) is 0 Å². The van der Waals surface area contributed by atoms with Gasteiger partial charge in [-0.3, -0.25) is 9.59 Å². The molecule has 0 unspecified atom stereocenters. The minimum Gasteiger partial charge on any atom is -0.483 e. The van der Waals surface area contributed by atoms with Gasteiger partial charge in [0.05, 0.1) is 0 Å². The topological polar surface area (TPSA) is 58.6 Å². The van der Waals surface area contributed by atoms with Crippen molar-refractivity contribution in [2.75, 3.05) is 6.61 Å². The van der Waals surface area contributed by atoms with Gasteiger partial charge in [-0.1, -0.05) is 68.1 Å². The van der Waals surface area contributed by atoms with E-state index in [0.717, 1.165) is 47.9 Å². The number of carbonyl (C=O) groups excluding carboxylic acids is 2. The van der Waals surface area contributed by atoms with Crippen LogP contribution in [0.2, 0.25) is 0 Å². The third-order valence-electron chi connectivity index (χ3n) is 6.47. The molecular formula is C28H38N2O3. The Morgan fingerprint density at radius 1 is 1.03 bits per heavy atom. The van der Waals surface area contributed by atoms with Gasteiger partial charge in [0.1, 0.15) is 11.8 Å². The summed E-state index contributed by atoms with van der Waals surface area (Å²) in [5, 5.41) is 3.22. The van der Waals surface area contributed by atoms with Crippen molar-refractivity contribution in [3.05, 3.63) is 64.7 Å². The first kappa shape index (κ1) is 24.8. The molecule has 1 aliphatic carbocycles. The van der Waals surface area contributed by atoms with Gasteiger partial charge >= 0.3 is 0 Å². The van der Waals surface area contributed by atoms with E-state index in [-0.39, 0.29) is 24.5 Å². The molecule has 3 rings (SSSR count). The summed E-state index contributed by atoms with van der Waals surface area (Å²) in [4.78, 5) is 28.4. The number of nitrogens with zero attached hydrogens (tertiary/aromatic N) is 1. The maximum Gasteiger partial charge on any atom is 0.261 e. The number of hydrogen-bond acceptors (Lipinski definition) is 3. The molecular weight excluding hydrogens is 412 g/mol. The molecule has 2 aromatic carbocycles. The van der Waals surface area contributed by atoms with Gasteiger partial charge in [0.15, 0.2) is 6.61 Å². The van der Waals surface area contributed by atoms with Gasteiger partial charge in [0.2, 0.25) is 5.91 Å². The summed E-state index contributed by atoms with van der Waals surface area (Å²) in [7, 11) is 0. The Balaban J connectivity index is 1.78. The molecule has 0 aromatic heterocycles. The molecule has 0 radical (unpaired) electrons. The molecule has 2 aromatic rings. The summed E-state index contributed by atoms with van der Waals surface area (Å²) in [6, 6.07) is 13.7. The largest absolute Gasteiger partial charge is 0.483 e. The van der Waals surface area contributed by atoms with E-state index in [1.165, 1.54) is 6.42 Å². The SMILES string of the molecule is CC[C@@H](C(=O)NC1CCCCC1)N(Cc1cccc(C)c1)C(=O)COc1cc(C)ccc1C. The fourth-order valence-corrected chi connectivity index (χ4v) is 4.56. The second-order valence-electron chi connectivity index (χ2n) is 9.34. The van der Waals surface area contributed by atoms with Crippen molar-refractivity contribution in [2.24, 2.45) is 0 Å². The summed E-state index contributed by atoms with van der Waals surface area (Å²) >= 11 is 0. The Morgan fingerprint density at radius 3 is 2.45 bits per heavy atom. The van der Waals surface area contributed by atoms with Gasteiger partial charge in [-0.25, -0.2) is 0 Å². The second-order valence-corrected chi connectivity index (χ2v) is 9.34. The van der Waals surface area contributed by atoms with Gasteiger partial charge in [-0.05, 0) is 62.8 Å². The molecule has 0 saturated heterocycles. The van der Waals surface area contributed by atoms with Crippen molar-refractivity contribution < 1.29 is 14.3 Å². The highest BCUT2D eigenvalue weighted by atomic mass is 16.5. The Hall–Kier alpha value is -2.82. The van der Waals surface area contributed by atoms with Crippen LogP contribution in [0.3, 0.4) is 0 Å². The van der Waals surface area contributed by atoms with Crippen molar-refractivity contribution in [1.29, 1.82) is 0 Å². The number of benzene rings is 2. The van der Waals surface area contributed by atoms with Crippen LogP contribution in [0.5, 0.6) is 5.75 Å². The third-order valence-corrected chi connectivity index (χ3v) is 6.47. The lowest BCUT2D eigenvalue weighted by atomic mass is 9.95. The van der Waals surface area contributed by atoms with Crippen LogP contribution in [-0.4, -0.2) is 35.4 Å². The molecule has 1 aliphatic rings. The number of nitrogens with one attached hydrogen (secondary N) is 1. The molecule has 1 fully saturated rings. The highest BCUT2D eigenvalue weighted by Gasteiger charge is 2.30. The zero-order valence-corrected chi connectivity index (χ0v) is 20.5. The van der Waals surface area contributed by atoms with Crippen LogP contribution < -0.4 is 10.1 Å². The number of aryl methyl sites for hydroxylation is 3. The molecule has 1 atom stereocenters. The molecule has 0 heterocycles. The lowest BCUT2D eigenvalue weighted by Gasteiger charge is -2.32. The minimum absolute atomic E-state index is 0.0582.